The number of fused-ring (bicyclic) bond motifs is 1. The molecule has 0 fully saturated rings. The summed E-state index contributed by atoms with van der Waals surface area (Å²) in [7, 11) is -3.69. The zero-order valence-corrected chi connectivity index (χ0v) is 13.0. The molecule has 0 aliphatic heterocycles. The molecule has 0 saturated carbocycles. The van der Waals surface area contributed by atoms with Crippen molar-refractivity contribution in [3.05, 3.63) is 36.5 Å². The Balaban J connectivity index is 2.30. The van der Waals surface area contributed by atoms with Crippen LogP contribution in [0.3, 0.4) is 0 Å². The second-order valence-corrected chi connectivity index (χ2v) is 7.13. The van der Waals surface area contributed by atoms with Crippen molar-refractivity contribution in [3.63, 3.8) is 0 Å². The van der Waals surface area contributed by atoms with E-state index in [0.717, 1.165) is 6.42 Å². The highest BCUT2D eigenvalue weighted by atomic mass is 32.2. The number of rotatable bonds is 6. The van der Waals surface area contributed by atoms with Gasteiger partial charge in [0.05, 0.1) is 16.0 Å². The molecular formula is C15H20N2O3S. The molecule has 2 N–H and O–H groups in total. The van der Waals surface area contributed by atoms with E-state index >= 15 is 0 Å². The zero-order chi connectivity index (χ0) is 15.5. The molecule has 0 aliphatic carbocycles. The molecule has 0 aliphatic rings. The maximum absolute atomic E-state index is 12.4. The standard InChI is InChI=1S/C15H20N2O3S/c1-3-9-15(2,18)11-17-21(19,20)14-8-4-7-13-12(14)6-5-10-16-13/h4-8,10,17-18H,3,9,11H2,1-2H3. The molecule has 114 valence electrons. The summed E-state index contributed by atoms with van der Waals surface area (Å²) in [6, 6.07) is 8.40. The van der Waals surface area contributed by atoms with Gasteiger partial charge in [0.15, 0.2) is 0 Å². The topological polar surface area (TPSA) is 79.3 Å². The van der Waals surface area contributed by atoms with Crippen LogP contribution in [0.2, 0.25) is 0 Å². The van der Waals surface area contributed by atoms with Crippen molar-refractivity contribution >= 4 is 20.9 Å². The maximum atomic E-state index is 12.4. The first-order valence-corrected chi connectivity index (χ1v) is 8.40. The fourth-order valence-electron chi connectivity index (χ4n) is 2.26. The van der Waals surface area contributed by atoms with Crippen LogP contribution in [0, 0.1) is 0 Å². The van der Waals surface area contributed by atoms with Crippen molar-refractivity contribution in [2.75, 3.05) is 6.54 Å². The monoisotopic (exact) mass is 308 g/mol. The molecule has 0 bridgehead atoms. The van der Waals surface area contributed by atoms with E-state index in [1.807, 2.05) is 6.92 Å². The van der Waals surface area contributed by atoms with E-state index in [4.69, 9.17) is 0 Å². The highest BCUT2D eigenvalue weighted by molar-refractivity contribution is 7.89. The highest BCUT2D eigenvalue weighted by Crippen LogP contribution is 2.21. The molecule has 0 radical (unpaired) electrons. The first-order chi connectivity index (χ1) is 9.86. The number of aliphatic hydroxyl groups is 1. The number of nitrogens with one attached hydrogen (secondary N) is 1. The highest BCUT2D eigenvalue weighted by Gasteiger charge is 2.24. The van der Waals surface area contributed by atoms with Crippen LogP contribution in [-0.2, 0) is 10.0 Å². The molecule has 6 heteroatoms. The Bertz CT molecular complexity index is 721. The van der Waals surface area contributed by atoms with E-state index < -0.39 is 15.6 Å². The van der Waals surface area contributed by atoms with Crippen LogP contribution in [0.15, 0.2) is 41.4 Å². The number of benzene rings is 1. The molecule has 2 rings (SSSR count). The second kappa shape index (κ2) is 6.09. The fourth-order valence-corrected chi connectivity index (χ4v) is 3.64. The van der Waals surface area contributed by atoms with Crippen molar-refractivity contribution < 1.29 is 13.5 Å². The van der Waals surface area contributed by atoms with Gasteiger partial charge in [0.2, 0.25) is 10.0 Å². The van der Waals surface area contributed by atoms with E-state index in [1.165, 1.54) is 0 Å². The van der Waals surface area contributed by atoms with Crippen LogP contribution < -0.4 is 4.72 Å². The number of pyridine rings is 1. The van der Waals surface area contributed by atoms with E-state index in [-0.39, 0.29) is 11.4 Å². The number of hydrogen-bond acceptors (Lipinski definition) is 4. The largest absolute Gasteiger partial charge is 0.389 e. The van der Waals surface area contributed by atoms with Gasteiger partial charge in [-0.15, -0.1) is 0 Å². The number of sulfonamides is 1. The Labute approximate surface area is 125 Å². The van der Waals surface area contributed by atoms with Gasteiger partial charge in [-0.05, 0) is 37.6 Å². The van der Waals surface area contributed by atoms with Crippen molar-refractivity contribution in [3.8, 4) is 0 Å². The number of aromatic nitrogens is 1. The van der Waals surface area contributed by atoms with Gasteiger partial charge >= 0.3 is 0 Å². The lowest BCUT2D eigenvalue weighted by molar-refractivity contribution is 0.0554. The fraction of sp³-hybridized carbons (Fsp3) is 0.400. The Kier molecular flexibility index (Phi) is 4.61. The van der Waals surface area contributed by atoms with Crippen LogP contribution >= 0.6 is 0 Å². The van der Waals surface area contributed by atoms with Gasteiger partial charge in [-0.3, -0.25) is 4.98 Å². The molecular weight excluding hydrogens is 288 g/mol. The third-order valence-electron chi connectivity index (χ3n) is 3.33. The molecule has 2 aromatic rings. The van der Waals surface area contributed by atoms with E-state index in [1.54, 1.807) is 43.5 Å². The van der Waals surface area contributed by atoms with Crippen molar-refractivity contribution in [1.82, 2.24) is 9.71 Å². The molecule has 1 aromatic carbocycles. The van der Waals surface area contributed by atoms with Gasteiger partial charge in [0.1, 0.15) is 0 Å². The molecule has 1 aromatic heterocycles. The third-order valence-corrected chi connectivity index (χ3v) is 4.79. The first-order valence-electron chi connectivity index (χ1n) is 6.91. The normalized spacial score (nSPS) is 15.0. The summed E-state index contributed by atoms with van der Waals surface area (Å²) < 4.78 is 27.4. The van der Waals surface area contributed by atoms with Crippen LogP contribution in [0.4, 0.5) is 0 Å². The first kappa shape index (κ1) is 15.9. The molecule has 0 spiro atoms. The Morgan fingerprint density at radius 3 is 2.76 bits per heavy atom. The van der Waals surface area contributed by atoms with Crippen LogP contribution in [0.5, 0.6) is 0 Å². The van der Waals surface area contributed by atoms with Gasteiger partial charge in [-0.25, -0.2) is 13.1 Å². The SMILES string of the molecule is CCCC(C)(O)CNS(=O)(=O)c1cccc2ncccc12. The van der Waals surface area contributed by atoms with E-state index in [9.17, 15) is 13.5 Å². The van der Waals surface area contributed by atoms with Crippen molar-refractivity contribution in [2.24, 2.45) is 0 Å². The zero-order valence-electron chi connectivity index (χ0n) is 12.2. The molecule has 5 nitrogen and oxygen atoms in total. The van der Waals surface area contributed by atoms with Gasteiger partial charge in [0.25, 0.3) is 0 Å². The molecule has 1 unspecified atom stereocenters. The average molecular weight is 308 g/mol. The predicted octanol–water partition coefficient (Wildman–Crippen LogP) is 2.06. The van der Waals surface area contributed by atoms with Gasteiger partial charge in [-0.2, -0.15) is 0 Å². The summed E-state index contributed by atoms with van der Waals surface area (Å²) in [4.78, 5) is 4.33. The minimum Gasteiger partial charge on any atom is -0.389 e. The summed E-state index contributed by atoms with van der Waals surface area (Å²) in [5.74, 6) is 0. The molecule has 0 saturated heterocycles. The Morgan fingerprint density at radius 2 is 2.05 bits per heavy atom. The molecule has 1 heterocycles. The minimum atomic E-state index is -3.69. The summed E-state index contributed by atoms with van der Waals surface area (Å²) in [5.41, 5.74) is -0.425. The third kappa shape index (κ3) is 3.78. The summed E-state index contributed by atoms with van der Waals surface area (Å²) >= 11 is 0. The average Bonchev–Trinajstić information content (AvgIpc) is 2.45. The van der Waals surface area contributed by atoms with Gasteiger partial charge < -0.3 is 5.11 Å². The Morgan fingerprint density at radius 1 is 1.29 bits per heavy atom. The lowest BCUT2D eigenvalue weighted by Gasteiger charge is -2.23. The predicted molar refractivity (Wildman–Crippen MR) is 82.5 cm³/mol. The molecule has 21 heavy (non-hydrogen) atoms. The summed E-state index contributed by atoms with van der Waals surface area (Å²) in [5, 5.41) is 10.7. The van der Waals surface area contributed by atoms with E-state index in [0.29, 0.717) is 17.3 Å². The number of hydrogen-bond donors (Lipinski definition) is 2. The van der Waals surface area contributed by atoms with Gasteiger partial charge in [0, 0.05) is 18.1 Å². The summed E-state index contributed by atoms with van der Waals surface area (Å²) in [6.45, 7) is 3.56. The van der Waals surface area contributed by atoms with Crippen molar-refractivity contribution in [1.29, 1.82) is 0 Å². The maximum Gasteiger partial charge on any atom is 0.241 e. The van der Waals surface area contributed by atoms with Crippen LogP contribution in [-0.4, -0.2) is 30.7 Å². The number of nitrogens with zero attached hydrogens (tertiary/aromatic N) is 1. The van der Waals surface area contributed by atoms with Crippen LogP contribution in [0.25, 0.3) is 10.9 Å². The minimum absolute atomic E-state index is 0.0141. The Hall–Kier alpha value is -1.50. The smallest absolute Gasteiger partial charge is 0.241 e. The van der Waals surface area contributed by atoms with Gasteiger partial charge in [-0.1, -0.05) is 19.4 Å². The second-order valence-electron chi connectivity index (χ2n) is 5.40. The van der Waals surface area contributed by atoms with Crippen LogP contribution in [0.1, 0.15) is 26.7 Å². The summed E-state index contributed by atoms with van der Waals surface area (Å²) in [6.07, 6.45) is 2.94. The van der Waals surface area contributed by atoms with Crippen molar-refractivity contribution in [2.45, 2.75) is 37.2 Å². The molecule has 1 atom stereocenters. The molecule has 0 amide bonds. The quantitative estimate of drug-likeness (QED) is 0.856. The lowest BCUT2D eigenvalue weighted by atomic mass is 10.0. The van der Waals surface area contributed by atoms with E-state index in [2.05, 4.69) is 9.71 Å². The lowest BCUT2D eigenvalue weighted by Crippen LogP contribution is -2.40.